The SMILES string of the molecule is CCCc1cc(CCC)c(N=C(C)c2cccc(C(C)=Nc3c(CCC)cc(CCC)cc3CCC)n2)c(CCC)c1.[Cl-].[Cl-].[Co+2]. The molecular formula is C39H55Cl2CoN3. The van der Waals surface area contributed by atoms with Gasteiger partial charge in [0.2, 0.25) is 0 Å². The predicted molar refractivity (Wildman–Crippen MR) is 185 cm³/mol. The average molecular weight is 696 g/mol. The molecule has 0 bridgehead atoms. The molecule has 0 aliphatic rings. The van der Waals surface area contributed by atoms with E-state index in [9.17, 15) is 0 Å². The van der Waals surface area contributed by atoms with Gasteiger partial charge in [0.05, 0.1) is 34.2 Å². The first-order valence-electron chi connectivity index (χ1n) is 16.8. The Kier molecular flexibility index (Phi) is 21.5. The molecule has 6 heteroatoms. The Morgan fingerprint density at radius 2 is 0.800 bits per heavy atom. The van der Waals surface area contributed by atoms with E-state index in [4.69, 9.17) is 15.0 Å². The third-order valence-corrected chi connectivity index (χ3v) is 7.86. The molecule has 249 valence electrons. The van der Waals surface area contributed by atoms with Crippen LogP contribution in [-0.2, 0) is 55.3 Å². The second kappa shape index (κ2) is 22.5. The fourth-order valence-electron chi connectivity index (χ4n) is 5.94. The van der Waals surface area contributed by atoms with Crippen molar-refractivity contribution in [1.29, 1.82) is 0 Å². The van der Waals surface area contributed by atoms with Crippen LogP contribution < -0.4 is 24.8 Å². The molecule has 1 radical (unpaired) electrons. The number of benzene rings is 2. The third-order valence-electron chi connectivity index (χ3n) is 7.86. The van der Waals surface area contributed by atoms with E-state index in [1.165, 1.54) is 46.2 Å². The minimum absolute atomic E-state index is 0. The van der Waals surface area contributed by atoms with E-state index in [1.807, 2.05) is 0 Å². The zero-order valence-electron chi connectivity index (χ0n) is 29.0. The van der Waals surface area contributed by atoms with Crippen LogP contribution in [0.4, 0.5) is 11.4 Å². The first kappa shape index (κ1) is 43.0. The summed E-state index contributed by atoms with van der Waals surface area (Å²) in [6, 6.07) is 15.9. The van der Waals surface area contributed by atoms with Gasteiger partial charge in [-0.25, -0.2) is 4.98 Å². The Hall–Kier alpha value is -1.98. The molecule has 45 heavy (non-hydrogen) atoms. The van der Waals surface area contributed by atoms with Crippen LogP contribution in [0, 0.1) is 0 Å². The first-order valence-corrected chi connectivity index (χ1v) is 16.8. The van der Waals surface area contributed by atoms with Crippen molar-refractivity contribution in [2.75, 3.05) is 0 Å². The fraction of sp³-hybridized carbons (Fsp3) is 0.513. The standard InChI is InChI=1S/C39H55N3.2ClH.Co/c1-9-16-30-24-32(18-11-3)38(33(25-30)19-12-4)40-28(7)36-22-15-23-37(42-36)29(8)41-39-34(20-13-5)26-31(17-10-2)27-35(39)21-14-6;;;/h15,22-27H,9-14,16-21H2,1-8H3;2*1H;/q;;;+2/p-2. The molecule has 0 saturated heterocycles. The monoisotopic (exact) mass is 694 g/mol. The van der Waals surface area contributed by atoms with Gasteiger partial charge in [-0.05, 0) is 97.9 Å². The van der Waals surface area contributed by atoms with Crippen LogP contribution in [0.5, 0.6) is 0 Å². The molecule has 0 amide bonds. The van der Waals surface area contributed by atoms with Gasteiger partial charge in [0.1, 0.15) is 0 Å². The first-order chi connectivity index (χ1) is 20.4. The largest absolute Gasteiger partial charge is 2.00 e. The van der Waals surface area contributed by atoms with Crippen LogP contribution in [0.3, 0.4) is 0 Å². The number of halogens is 2. The minimum atomic E-state index is 0. The Morgan fingerprint density at radius 1 is 0.511 bits per heavy atom. The molecule has 2 aromatic carbocycles. The normalized spacial score (nSPS) is 11.5. The minimum Gasteiger partial charge on any atom is -1.00 e. The van der Waals surface area contributed by atoms with E-state index in [0.717, 1.165) is 98.4 Å². The number of aliphatic imine (C=N–C) groups is 2. The summed E-state index contributed by atoms with van der Waals surface area (Å²) in [5.41, 5.74) is 14.5. The van der Waals surface area contributed by atoms with Crippen molar-refractivity contribution in [1.82, 2.24) is 4.98 Å². The molecule has 3 nitrogen and oxygen atoms in total. The molecule has 3 rings (SSSR count). The average Bonchev–Trinajstić information content (AvgIpc) is 2.97. The quantitative estimate of drug-likeness (QED) is 0.193. The van der Waals surface area contributed by atoms with E-state index >= 15 is 0 Å². The van der Waals surface area contributed by atoms with Gasteiger partial charge < -0.3 is 24.8 Å². The Balaban J connectivity index is 0.00000645. The summed E-state index contributed by atoms with van der Waals surface area (Å²) in [5.74, 6) is 0. The molecule has 0 saturated carbocycles. The second-order valence-electron chi connectivity index (χ2n) is 11.8. The maximum absolute atomic E-state index is 5.27. The van der Waals surface area contributed by atoms with Crippen LogP contribution >= 0.6 is 0 Å². The third kappa shape index (κ3) is 12.3. The molecular weight excluding hydrogens is 640 g/mol. The summed E-state index contributed by atoms with van der Waals surface area (Å²) in [4.78, 5) is 15.6. The van der Waals surface area contributed by atoms with Crippen molar-refractivity contribution in [2.45, 2.75) is 132 Å². The van der Waals surface area contributed by atoms with Crippen molar-refractivity contribution in [3.63, 3.8) is 0 Å². The summed E-state index contributed by atoms with van der Waals surface area (Å²) in [6.07, 6.45) is 13.3. The predicted octanol–water partition coefficient (Wildman–Crippen LogP) is 5.08. The maximum Gasteiger partial charge on any atom is 2.00 e. The van der Waals surface area contributed by atoms with Crippen molar-refractivity contribution in [3.8, 4) is 0 Å². The zero-order valence-corrected chi connectivity index (χ0v) is 31.5. The molecule has 0 fully saturated rings. The van der Waals surface area contributed by atoms with Crippen LogP contribution in [0.15, 0.2) is 52.4 Å². The topological polar surface area (TPSA) is 37.6 Å². The Morgan fingerprint density at radius 3 is 1.07 bits per heavy atom. The molecule has 0 unspecified atom stereocenters. The van der Waals surface area contributed by atoms with Crippen molar-refractivity contribution < 1.29 is 41.6 Å². The Labute approximate surface area is 297 Å². The van der Waals surface area contributed by atoms with Gasteiger partial charge in [-0.1, -0.05) is 110 Å². The van der Waals surface area contributed by atoms with E-state index in [1.54, 1.807) is 0 Å². The van der Waals surface area contributed by atoms with E-state index in [0.29, 0.717) is 0 Å². The van der Waals surface area contributed by atoms with E-state index in [-0.39, 0.29) is 41.6 Å². The van der Waals surface area contributed by atoms with Crippen molar-refractivity contribution in [3.05, 3.63) is 87.2 Å². The molecule has 0 spiro atoms. The van der Waals surface area contributed by atoms with Gasteiger partial charge >= 0.3 is 16.8 Å². The number of pyridine rings is 1. The number of aryl methyl sites for hydroxylation is 6. The van der Waals surface area contributed by atoms with Gasteiger partial charge in [-0.15, -0.1) is 0 Å². The van der Waals surface area contributed by atoms with Gasteiger partial charge in [-0.2, -0.15) is 0 Å². The van der Waals surface area contributed by atoms with Gasteiger partial charge in [0.25, 0.3) is 0 Å². The van der Waals surface area contributed by atoms with Crippen LogP contribution in [0.2, 0.25) is 0 Å². The fourth-order valence-corrected chi connectivity index (χ4v) is 5.94. The molecule has 1 heterocycles. The molecule has 0 atom stereocenters. The Bertz CT molecular complexity index is 1230. The number of aromatic nitrogens is 1. The zero-order chi connectivity index (χ0) is 30.5. The van der Waals surface area contributed by atoms with Crippen LogP contribution in [0.25, 0.3) is 0 Å². The maximum atomic E-state index is 5.27. The van der Waals surface area contributed by atoms with E-state index < -0.39 is 0 Å². The molecule has 0 aliphatic carbocycles. The van der Waals surface area contributed by atoms with Crippen LogP contribution in [-0.4, -0.2) is 16.4 Å². The van der Waals surface area contributed by atoms with Gasteiger partial charge in [-0.3, -0.25) is 9.98 Å². The number of rotatable bonds is 16. The number of hydrogen-bond donors (Lipinski definition) is 0. The van der Waals surface area contributed by atoms with Crippen molar-refractivity contribution in [2.24, 2.45) is 9.98 Å². The molecule has 3 aromatic rings. The smallest absolute Gasteiger partial charge is 1.00 e. The van der Waals surface area contributed by atoms with Crippen LogP contribution in [0.1, 0.15) is 139 Å². The van der Waals surface area contributed by atoms with Gasteiger partial charge in [0, 0.05) is 0 Å². The molecule has 1 aromatic heterocycles. The van der Waals surface area contributed by atoms with Gasteiger partial charge in [0.15, 0.2) is 0 Å². The summed E-state index contributed by atoms with van der Waals surface area (Å²) in [5, 5.41) is 0. The van der Waals surface area contributed by atoms with E-state index in [2.05, 4.69) is 97.9 Å². The summed E-state index contributed by atoms with van der Waals surface area (Å²) >= 11 is 0. The molecule has 0 N–H and O–H groups in total. The summed E-state index contributed by atoms with van der Waals surface area (Å²) in [7, 11) is 0. The second-order valence-corrected chi connectivity index (χ2v) is 11.8. The number of nitrogens with zero attached hydrogens (tertiary/aromatic N) is 3. The molecule has 0 aliphatic heterocycles. The summed E-state index contributed by atoms with van der Waals surface area (Å²) in [6.45, 7) is 17.8. The van der Waals surface area contributed by atoms with Crippen molar-refractivity contribution >= 4 is 22.8 Å². The number of hydrogen-bond acceptors (Lipinski definition) is 3. The summed E-state index contributed by atoms with van der Waals surface area (Å²) < 4.78 is 0.